The standard InChI is InChI=1S/C10H8F3NO2.Na/c11-10(12,13)6-2-1-5-14-7(6)9(3-4-9)8(15)16;/h1-2,5H,3-4H2,(H,15,16);/q;+1/p-1. The van der Waals surface area contributed by atoms with Gasteiger partial charge in [0.2, 0.25) is 0 Å². The number of hydrogen-bond acceptors (Lipinski definition) is 3. The quantitative estimate of drug-likeness (QED) is 0.567. The monoisotopic (exact) mass is 253 g/mol. The summed E-state index contributed by atoms with van der Waals surface area (Å²) in [5.41, 5.74) is -2.95. The number of nitrogens with zero attached hydrogens (tertiary/aromatic N) is 1. The third-order valence-corrected chi connectivity index (χ3v) is 2.71. The molecule has 0 atom stereocenters. The van der Waals surface area contributed by atoms with Gasteiger partial charge in [0.1, 0.15) is 0 Å². The van der Waals surface area contributed by atoms with Crippen LogP contribution in [0.5, 0.6) is 0 Å². The molecule has 0 amide bonds. The zero-order chi connectivity index (χ0) is 12.0. The van der Waals surface area contributed by atoms with E-state index in [1.54, 1.807) is 0 Å². The van der Waals surface area contributed by atoms with Crippen molar-refractivity contribution >= 4 is 5.97 Å². The summed E-state index contributed by atoms with van der Waals surface area (Å²) in [6.45, 7) is 0. The number of carbonyl (C=O) groups is 1. The zero-order valence-corrected chi connectivity index (χ0v) is 11.0. The molecule has 1 aliphatic rings. The molecule has 1 aliphatic carbocycles. The van der Waals surface area contributed by atoms with Crippen LogP contribution in [0.3, 0.4) is 0 Å². The third kappa shape index (κ3) is 2.48. The molecule has 86 valence electrons. The first-order valence-electron chi connectivity index (χ1n) is 4.62. The third-order valence-electron chi connectivity index (χ3n) is 2.71. The van der Waals surface area contributed by atoms with Crippen LogP contribution in [0.15, 0.2) is 18.3 Å². The van der Waals surface area contributed by atoms with Gasteiger partial charge >= 0.3 is 35.7 Å². The van der Waals surface area contributed by atoms with E-state index in [9.17, 15) is 23.1 Å². The van der Waals surface area contributed by atoms with E-state index in [1.807, 2.05) is 0 Å². The van der Waals surface area contributed by atoms with Gasteiger partial charge in [0, 0.05) is 6.20 Å². The molecule has 1 aromatic heterocycles. The van der Waals surface area contributed by atoms with Crippen LogP contribution >= 0.6 is 0 Å². The fourth-order valence-corrected chi connectivity index (χ4v) is 1.68. The summed E-state index contributed by atoms with van der Waals surface area (Å²) in [4.78, 5) is 14.4. The van der Waals surface area contributed by atoms with Crippen molar-refractivity contribution in [3.05, 3.63) is 29.6 Å². The summed E-state index contributed by atoms with van der Waals surface area (Å²) in [5.74, 6) is -1.49. The van der Waals surface area contributed by atoms with Crippen LogP contribution in [0.25, 0.3) is 0 Å². The molecular weight excluding hydrogens is 246 g/mol. The van der Waals surface area contributed by atoms with Crippen LogP contribution < -0.4 is 34.7 Å². The van der Waals surface area contributed by atoms with Gasteiger partial charge < -0.3 is 9.90 Å². The zero-order valence-electron chi connectivity index (χ0n) is 9.04. The van der Waals surface area contributed by atoms with Gasteiger partial charge in [0.25, 0.3) is 0 Å². The molecule has 0 aromatic carbocycles. The van der Waals surface area contributed by atoms with Crippen LogP contribution in [0.4, 0.5) is 13.2 Å². The number of rotatable bonds is 2. The second-order valence-corrected chi connectivity index (χ2v) is 3.77. The maximum atomic E-state index is 12.6. The number of aromatic nitrogens is 1. The largest absolute Gasteiger partial charge is 1.00 e. The van der Waals surface area contributed by atoms with Gasteiger partial charge in [0.15, 0.2) is 0 Å². The number of aliphatic carboxylic acids is 1. The van der Waals surface area contributed by atoms with Crippen LogP contribution in [0.1, 0.15) is 24.1 Å². The van der Waals surface area contributed by atoms with Crippen molar-refractivity contribution in [3.63, 3.8) is 0 Å². The molecule has 0 N–H and O–H groups in total. The minimum atomic E-state index is -4.59. The topological polar surface area (TPSA) is 53.0 Å². The molecule has 1 saturated carbocycles. The molecular formula is C10H7F3NNaO2. The van der Waals surface area contributed by atoms with Gasteiger partial charge in [-0.15, -0.1) is 0 Å². The Labute approximate surface area is 117 Å². The van der Waals surface area contributed by atoms with E-state index in [1.165, 1.54) is 0 Å². The number of carboxylic acid groups (broad SMARTS) is 1. The second kappa shape index (κ2) is 4.59. The predicted molar refractivity (Wildman–Crippen MR) is 45.2 cm³/mol. The number of pyridine rings is 1. The number of alkyl halides is 3. The summed E-state index contributed by atoms with van der Waals surface area (Å²) in [7, 11) is 0. The van der Waals surface area contributed by atoms with E-state index in [0.717, 1.165) is 18.3 Å². The van der Waals surface area contributed by atoms with Crippen LogP contribution in [0, 0.1) is 0 Å². The van der Waals surface area contributed by atoms with Crippen LogP contribution in [-0.2, 0) is 16.4 Å². The van der Waals surface area contributed by atoms with Crippen LogP contribution in [-0.4, -0.2) is 11.0 Å². The summed E-state index contributed by atoms with van der Waals surface area (Å²) >= 11 is 0. The Morgan fingerprint density at radius 3 is 2.41 bits per heavy atom. The van der Waals surface area contributed by atoms with Gasteiger partial charge in [0.05, 0.1) is 22.6 Å². The van der Waals surface area contributed by atoms with Crippen molar-refractivity contribution in [2.45, 2.75) is 24.4 Å². The van der Waals surface area contributed by atoms with Crippen molar-refractivity contribution in [1.29, 1.82) is 0 Å². The average Bonchev–Trinajstić information content (AvgIpc) is 2.97. The molecule has 17 heavy (non-hydrogen) atoms. The number of carbonyl (C=O) groups excluding carboxylic acids is 1. The fourth-order valence-electron chi connectivity index (χ4n) is 1.68. The molecule has 7 heteroatoms. The number of carboxylic acids is 1. The molecule has 0 bridgehead atoms. The van der Waals surface area contributed by atoms with Crippen molar-refractivity contribution < 1.29 is 52.6 Å². The molecule has 0 radical (unpaired) electrons. The first-order valence-corrected chi connectivity index (χ1v) is 4.62. The van der Waals surface area contributed by atoms with Gasteiger partial charge in [-0.3, -0.25) is 4.98 Å². The van der Waals surface area contributed by atoms with Gasteiger partial charge in [-0.25, -0.2) is 0 Å². The van der Waals surface area contributed by atoms with Crippen molar-refractivity contribution in [1.82, 2.24) is 4.98 Å². The molecule has 0 unspecified atom stereocenters. The van der Waals surface area contributed by atoms with Crippen LogP contribution in [0.2, 0.25) is 0 Å². The smallest absolute Gasteiger partial charge is 0.549 e. The van der Waals surface area contributed by atoms with E-state index in [0.29, 0.717) is 0 Å². The molecule has 0 saturated heterocycles. The summed E-state index contributed by atoms with van der Waals surface area (Å²) < 4.78 is 37.8. The Morgan fingerprint density at radius 2 is 2.00 bits per heavy atom. The average molecular weight is 253 g/mol. The maximum absolute atomic E-state index is 12.6. The van der Waals surface area contributed by atoms with Gasteiger partial charge in [-0.1, -0.05) is 0 Å². The molecule has 3 nitrogen and oxygen atoms in total. The molecule has 0 spiro atoms. The van der Waals surface area contributed by atoms with Gasteiger partial charge in [-0.2, -0.15) is 13.2 Å². The molecule has 0 aliphatic heterocycles. The normalized spacial score (nSPS) is 17.1. The molecule has 2 rings (SSSR count). The van der Waals surface area contributed by atoms with E-state index >= 15 is 0 Å². The number of hydrogen-bond donors (Lipinski definition) is 0. The van der Waals surface area contributed by atoms with Crippen molar-refractivity contribution in [3.8, 4) is 0 Å². The van der Waals surface area contributed by atoms with E-state index in [4.69, 9.17) is 0 Å². The first-order chi connectivity index (χ1) is 7.38. The van der Waals surface area contributed by atoms with E-state index in [2.05, 4.69) is 4.98 Å². The minimum Gasteiger partial charge on any atom is -0.549 e. The Balaban J connectivity index is 0.00000144. The number of halogens is 3. The summed E-state index contributed by atoms with van der Waals surface area (Å²) in [6.07, 6.45) is -3.13. The molecule has 1 aromatic rings. The molecule has 1 heterocycles. The maximum Gasteiger partial charge on any atom is 1.00 e. The van der Waals surface area contributed by atoms with E-state index in [-0.39, 0.29) is 42.4 Å². The van der Waals surface area contributed by atoms with Gasteiger partial charge in [-0.05, 0) is 25.0 Å². The SMILES string of the molecule is O=C([O-])C1(c2ncccc2C(F)(F)F)CC1.[Na+]. The Hall–Kier alpha value is -0.590. The Kier molecular flexibility index (Phi) is 3.91. The van der Waals surface area contributed by atoms with Crippen molar-refractivity contribution in [2.75, 3.05) is 0 Å². The molecule has 1 fully saturated rings. The second-order valence-electron chi connectivity index (χ2n) is 3.77. The van der Waals surface area contributed by atoms with E-state index < -0.39 is 28.8 Å². The summed E-state index contributed by atoms with van der Waals surface area (Å²) in [5, 5.41) is 10.8. The fraction of sp³-hybridized carbons (Fsp3) is 0.400. The minimum absolute atomic E-state index is 0. The predicted octanol–water partition coefficient (Wildman–Crippen LogP) is -2.11. The summed E-state index contributed by atoms with van der Waals surface area (Å²) in [6, 6.07) is 1.98. The van der Waals surface area contributed by atoms with Crippen molar-refractivity contribution in [2.24, 2.45) is 0 Å². The Morgan fingerprint density at radius 1 is 1.41 bits per heavy atom. The Bertz CT molecular complexity index is 443. The first kappa shape index (κ1) is 14.5.